The maximum atomic E-state index is 13.1. The van der Waals surface area contributed by atoms with Crippen LogP contribution >= 0.6 is 46.3 Å². The Hall–Kier alpha value is -2.62. The first-order chi connectivity index (χ1) is 17.5. The Labute approximate surface area is 226 Å². The number of fused-ring (bicyclic) bond motifs is 1. The first-order valence-electron chi connectivity index (χ1n) is 11.2. The summed E-state index contributed by atoms with van der Waals surface area (Å²) < 4.78 is 7.21. The fourth-order valence-electron chi connectivity index (χ4n) is 3.82. The number of halogens is 2. The van der Waals surface area contributed by atoms with Crippen LogP contribution in [0, 0.1) is 0 Å². The van der Waals surface area contributed by atoms with Gasteiger partial charge in [-0.1, -0.05) is 53.2 Å². The molecule has 1 aliphatic rings. The molecule has 1 fully saturated rings. The van der Waals surface area contributed by atoms with Gasteiger partial charge in [0, 0.05) is 24.5 Å². The summed E-state index contributed by atoms with van der Waals surface area (Å²) in [5.74, 6) is 0.227. The largest absolute Gasteiger partial charge is 0.378 e. The standard InChI is InChI=1S/C26H21Cl2N3O3S2/c27-20-7-5-16(13-21(20)28)15-35-26-30-22-8-6-17(14-23(22)36-26)29-24(32)18-3-1-2-4-19(18)25(33)31-9-11-34-12-10-31/h1-8,13-14H,9-12,15H2,(H,29,32). The van der Waals surface area contributed by atoms with E-state index in [0.29, 0.717) is 58.9 Å². The lowest BCUT2D eigenvalue weighted by Crippen LogP contribution is -2.41. The number of morpholine rings is 1. The minimum Gasteiger partial charge on any atom is -0.378 e. The van der Waals surface area contributed by atoms with Crippen molar-refractivity contribution in [1.82, 2.24) is 9.88 Å². The Balaban J connectivity index is 1.29. The highest BCUT2D eigenvalue weighted by atomic mass is 35.5. The van der Waals surface area contributed by atoms with Crippen LogP contribution in [-0.2, 0) is 10.5 Å². The molecular formula is C26H21Cl2N3O3S2. The minimum absolute atomic E-state index is 0.161. The number of carbonyl (C=O) groups is 2. The van der Waals surface area contributed by atoms with Gasteiger partial charge in [-0.25, -0.2) is 4.98 Å². The van der Waals surface area contributed by atoms with Gasteiger partial charge in [-0.05, 0) is 48.0 Å². The number of anilines is 1. The number of nitrogens with one attached hydrogen (secondary N) is 1. The van der Waals surface area contributed by atoms with Crippen molar-refractivity contribution in [1.29, 1.82) is 0 Å². The van der Waals surface area contributed by atoms with Crippen LogP contribution in [0.15, 0.2) is 65.0 Å². The highest BCUT2D eigenvalue weighted by Crippen LogP contribution is 2.34. The summed E-state index contributed by atoms with van der Waals surface area (Å²) in [6.45, 7) is 2.04. The molecule has 36 heavy (non-hydrogen) atoms. The number of rotatable bonds is 6. The monoisotopic (exact) mass is 557 g/mol. The first-order valence-corrected chi connectivity index (χ1v) is 13.8. The van der Waals surface area contributed by atoms with Gasteiger partial charge in [-0.15, -0.1) is 11.3 Å². The summed E-state index contributed by atoms with van der Waals surface area (Å²) >= 11 is 15.3. The van der Waals surface area contributed by atoms with Gasteiger partial charge in [-0.3, -0.25) is 9.59 Å². The maximum absolute atomic E-state index is 13.1. The SMILES string of the molecule is O=C(Nc1ccc2nc(SCc3ccc(Cl)c(Cl)c3)sc2c1)c1ccccc1C(=O)N1CCOCC1. The van der Waals surface area contributed by atoms with Crippen LogP contribution in [0.4, 0.5) is 5.69 Å². The van der Waals surface area contributed by atoms with Crippen LogP contribution in [0.2, 0.25) is 10.0 Å². The predicted molar refractivity (Wildman–Crippen MR) is 147 cm³/mol. The second kappa shape index (κ2) is 11.2. The second-order valence-corrected chi connectivity index (χ2v) is 11.2. The van der Waals surface area contributed by atoms with Gasteiger partial charge >= 0.3 is 0 Å². The number of ether oxygens (including phenoxy) is 1. The third kappa shape index (κ3) is 5.68. The van der Waals surface area contributed by atoms with Crippen LogP contribution in [0.25, 0.3) is 10.2 Å². The molecular weight excluding hydrogens is 537 g/mol. The Morgan fingerprint density at radius 2 is 1.78 bits per heavy atom. The van der Waals surface area contributed by atoms with Gasteiger partial charge < -0.3 is 15.0 Å². The molecule has 3 aromatic carbocycles. The molecule has 184 valence electrons. The summed E-state index contributed by atoms with van der Waals surface area (Å²) in [6.07, 6.45) is 0. The lowest BCUT2D eigenvalue weighted by Gasteiger charge is -2.27. The average Bonchev–Trinajstić information content (AvgIpc) is 3.31. The first kappa shape index (κ1) is 25.0. The number of hydrogen-bond acceptors (Lipinski definition) is 6. The van der Waals surface area contributed by atoms with E-state index in [-0.39, 0.29) is 11.8 Å². The molecule has 10 heteroatoms. The van der Waals surface area contributed by atoms with E-state index in [0.717, 1.165) is 20.1 Å². The van der Waals surface area contributed by atoms with E-state index in [9.17, 15) is 9.59 Å². The molecule has 5 rings (SSSR count). The highest BCUT2D eigenvalue weighted by Gasteiger charge is 2.23. The molecule has 1 N–H and O–H groups in total. The lowest BCUT2D eigenvalue weighted by atomic mass is 10.0. The van der Waals surface area contributed by atoms with Crippen LogP contribution in [0.5, 0.6) is 0 Å². The zero-order valence-corrected chi connectivity index (χ0v) is 22.1. The second-order valence-electron chi connectivity index (χ2n) is 8.10. The van der Waals surface area contributed by atoms with Crippen molar-refractivity contribution < 1.29 is 14.3 Å². The van der Waals surface area contributed by atoms with Gasteiger partial charge in [0.2, 0.25) is 0 Å². The molecule has 4 aromatic rings. The van der Waals surface area contributed by atoms with Gasteiger partial charge in [0.15, 0.2) is 4.34 Å². The molecule has 0 radical (unpaired) electrons. The van der Waals surface area contributed by atoms with Crippen molar-refractivity contribution in [2.45, 2.75) is 10.1 Å². The van der Waals surface area contributed by atoms with E-state index in [1.807, 2.05) is 30.3 Å². The molecule has 0 aliphatic carbocycles. The van der Waals surface area contributed by atoms with E-state index in [1.165, 1.54) is 0 Å². The highest BCUT2D eigenvalue weighted by molar-refractivity contribution is 8.00. The van der Waals surface area contributed by atoms with Gasteiger partial charge in [0.25, 0.3) is 11.8 Å². The summed E-state index contributed by atoms with van der Waals surface area (Å²) in [4.78, 5) is 32.6. The fourth-order valence-corrected chi connectivity index (χ4v) is 6.19. The summed E-state index contributed by atoms with van der Waals surface area (Å²) in [5.41, 5.74) is 3.29. The van der Waals surface area contributed by atoms with Crippen LogP contribution < -0.4 is 5.32 Å². The van der Waals surface area contributed by atoms with Crippen molar-refractivity contribution >= 4 is 74.0 Å². The molecule has 6 nitrogen and oxygen atoms in total. The van der Waals surface area contributed by atoms with Gasteiger partial charge in [0.1, 0.15) is 0 Å². The zero-order valence-electron chi connectivity index (χ0n) is 19.0. The fraction of sp³-hybridized carbons (Fsp3) is 0.192. The molecule has 2 heterocycles. The number of thioether (sulfide) groups is 1. The normalized spacial score (nSPS) is 13.7. The third-order valence-corrected chi connectivity index (χ3v) is 8.64. The summed E-state index contributed by atoms with van der Waals surface area (Å²) in [5, 5.41) is 4.01. The van der Waals surface area contributed by atoms with Crippen molar-refractivity contribution in [2.75, 3.05) is 31.6 Å². The summed E-state index contributed by atoms with van der Waals surface area (Å²) in [6, 6.07) is 18.1. The number of amides is 2. The number of aromatic nitrogens is 1. The number of hydrogen-bond donors (Lipinski definition) is 1. The molecule has 0 saturated carbocycles. The summed E-state index contributed by atoms with van der Waals surface area (Å²) in [7, 11) is 0. The molecule has 0 spiro atoms. The third-order valence-electron chi connectivity index (χ3n) is 5.67. The number of thiazole rings is 1. The topological polar surface area (TPSA) is 71.5 Å². The van der Waals surface area contributed by atoms with Crippen molar-refractivity contribution in [2.24, 2.45) is 0 Å². The van der Waals surface area contributed by atoms with E-state index >= 15 is 0 Å². The molecule has 0 bridgehead atoms. The quantitative estimate of drug-likeness (QED) is 0.270. The zero-order chi connectivity index (χ0) is 25.1. The van der Waals surface area contributed by atoms with E-state index in [2.05, 4.69) is 10.3 Å². The minimum atomic E-state index is -0.328. The van der Waals surface area contributed by atoms with Gasteiger partial charge in [0.05, 0.1) is 44.6 Å². The van der Waals surface area contributed by atoms with Crippen LogP contribution in [0.3, 0.4) is 0 Å². The number of benzene rings is 3. The molecule has 0 atom stereocenters. The Bertz CT molecular complexity index is 1440. The van der Waals surface area contributed by atoms with Crippen molar-refractivity contribution in [3.8, 4) is 0 Å². The van der Waals surface area contributed by atoms with E-state index in [4.69, 9.17) is 27.9 Å². The lowest BCUT2D eigenvalue weighted by molar-refractivity contribution is 0.0302. The predicted octanol–water partition coefficient (Wildman–Crippen LogP) is 6.62. The van der Waals surface area contributed by atoms with Crippen molar-refractivity contribution in [3.05, 3.63) is 87.4 Å². The van der Waals surface area contributed by atoms with Crippen LogP contribution in [-0.4, -0.2) is 48.0 Å². The average molecular weight is 559 g/mol. The smallest absolute Gasteiger partial charge is 0.256 e. The molecule has 1 aliphatic heterocycles. The van der Waals surface area contributed by atoms with E-state index < -0.39 is 0 Å². The Morgan fingerprint density at radius 3 is 2.56 bits per heavy atom. The molecule has 0 unspecified atom stereocenters. The maximum Gasteiger partial charge on any atom is 0.256 e. The van der Waals surface area contributed by atoms with Crippen molar-refractivity contribution in [3.63, 3.8) is 0 Å². The Kier molecular flexibility index (Phi) is 7.79. The molecule has 1 saturated heterocycles. The Morgan fingerprint density at radius 1 is 1.00 bits per heavy atom. The van der Waals surface area contributed by atoms with E-state index in [1.54, 1.807) is 58.3 Å². The van der Waals surface area contributed by atoms with Gasteiger partial charge in [-0.2, -0.15) is 0 Å². The van der Waals surface area contributed by atoms with Crippen LogP contribution in [0.1, 0.15) is 26.3 Å². The molecule has 2 amide bonds. The number of carbonyl (C=O) groups excluding carboxylic acids is 2. The number of nitrogens with zero attached hydrogens (tertiary/aromatic N) is 2. The molecule has 1 aromatic heterocycles.